The molecule has 2 rings (SSSR count). The molecule has 0 radical (unpaired) electrons. The Morgan fingerprint density at radius 1 is 0.875 bits per heavy atom. The van der Waals surface area contributed by atoms with E-state index in [0.29, 0.717) is 33.0 Å². The molecule has 134 valence electrons. The van der Waals surface area contributed by atoms with Gasteiger partial charge in [0.1, 0.15) is 0 Å². The van der Waals surface area contributed by atoms with Gasteiger partial charge in [0.05, 0.1) is 63.2 Å². The van der Waals surface area contributed by atoms with Crippen molar-refractivity contribution >= 4 is 0 Å². The van der Waals surface area contributed by atoms with Crippen molar-refractivity contribution in [2.75, 3.05) is 33.0 Å². The third-order valence-electron chi connectivity index (χ3n) is 3.49. The number of hydrogen-bond acceptors (Lipinski definition) is 5. The lowest BCUT2D eigenvalue weighted by Crippen LogP contribution is -2.20. The second kappa shape index (κ2) is 10.2. The summed E-state index contributed by atoms with van der Waals surface area (Å²) in [6.45, 7) is 10.7. The smallest absolute Gasteiger partial charge is 0.0950 e. The molecule has 2 heterocycles. The summed E-state index contributed by atoms with van der Waals surface area (Å²) in [4.78, 5) is 8.36. The maximum Gasteiger partial charge on any atom is 0.0950 e. The van der Waals surface area contributed by atoms with Crippen molar-refractivity contribution in [2.45, 2.75) is 40.0 Å². The summed E-state index contributed by atoms with van der Waals surface area (Å²) in [6, 6.07) is 0. The highest BCUT2D eigenvalue weighted by Crippen LogP contribution is 1.97. The molecule has 2 aromatic heterocycles. The summed E-state index contributed by atoms with van der Waals surface area (Å²) in [7, 11) is 0. The van der Waals surface area contributed by atoms with Gasteiger partial charge in [-0.1, -0.05) is 0 Å². The van der Waals surface area contributed by atoms with Crippen molar-refractivity contribution in [2.24, 2.45) is 0 Å². The summed E-state index contributed by atoms with van der Waals surface area (Å²) in [5.41, 5.74) is 2.05. The van der Waals surface area contributed by atoms with Gasteiger partial charge in [0, 0.05) is 25.5 Å². The Labute approximate surface area is 143 Å². The number of nitrogens with zero attached hydrogens (tertiary/aromatic N) is 4. The van der Waals surface area contributed by atoms with E-state index >= 15 is 0 Å². The predicted octanol–water partition coefficient (Wildman–Crippen LogP) is 1.83. The van der Waals surface area contributed by atoms with Crippen LogP contribution in [0.1, 0.15) is 18.3 Å². The first-order valence-corrected chi connectivity index (χ1v) is 8.37. The highest BCUT2D eigenvalue weighted by atomic mass is 16.5. The molecular formula is C17H28N4O3. The predicted molar refractivity (Wildman–Crippen MR) is 91.0 cm³/mol. The van der Waals surface area contributed by atoms with Crippen LogP contribution in [0.5, 0.6) is 0 Å². The first kappa shape index (κ1) is 18.6. The SMILES string of the molecule is Cc1cn(CCOCCOCC(C)OCCn2cnc(C)c2)cn1. The van der Waals surface area contributed by atoms with Gasteiger partial charge in [0.25, 0.3) is 0 Å². The van der Waals surface area contributed by atoms with Gasteiger partial charge < -0.3 is 23.3 Å². The quantitative estimate of drug-likeness (QED) is 0.553. The van der Waals surface area contributed by atoms with E-state index in [1.165, 1.54) is 0 Å². The van der Waals surface area contributed by atoms with Crippen molar-refractivity contribution < 1.29 is 14.2 Å². The fourth-order valence-electron chi connectivity index (χ4n) is 2.23. The highest BCUT2D eigenvalue weighted by Gasteiger charge is 2.03. The molecule has 0 spiro atoms. The van der Waals surface area contributed by atoms with Crippen molar-refractivity contribution in [1.29, 1.82) is 0 Å². The lowest BCUT2D eigenvalue weighted by atomic mass is 10.4. The molecule has 0 N–H and O–H groups in total. The van der Waals surface area contributed by atoms with Gasteiger partial charge in [-0.15, -0.1) is 0 Å². The molecule has 0 aliphatic carbocycles. The van der Waals surface area contributed by atoms with Crippen LogP contribution in [0.3, 0.4) is 0 Å². The second-order valence-corrected chi connectivity index (χ2v) is 5.87. The summed E-state index contributed by atoms with van der Waals surface area (Å²) >= 11 is 0. The lowest BCUT2D eigenvalue weighted by Gasteiger charge is -2.14. The largest absolute Gasteiger partial charge is 0.377 e. The van der Waals surface area contributed by atoms with Crippen molar-refractivity contribution in [1.82, 2.24) is 19.1 Å². The molecule has 2 aromatic rings. The van der Waals surface area contributed by atoms with E-state index in [1.807, 2.05) is 55.0 Å². The van der Waals surface area contributed by atoms with Crippen LogP contribution in [0.4, 0.5) is 0 Å². The Balaban J connectivity index is 1.41. The third-order valence-corrected chi connectivity index (χ3v) is 3.49. The minimum Gasteiger partial charge on any atom is -0.377 e. The second-order valence-electron chi connectivity index (χ2n) is 5.87. The number of rotatable bonds is 12. The van der Waals surface area contributed by atoms with Crippen molar-refractivity contribution in [3.8, 4) is 0 Å². The zero-order chi connectivity index (χ0) is 17.2. The van der Waals surface area contributed by atoms with Crippen molar-refractivity contribution in [3.63, 3.8) is 0 Å². The fraction of sp³-hybridized carbons (Fsp3) is 0.647. The summed E-state index contributed by atoms with van der Waals surface area (Å²) in [6.07, 6.45) is 7.72. The molecule has 7 heteroatoms. The molecule has 0 saturated heterocycles. The first-order chi connectivity index (χ1) is 11.6. The van der Waals surface area contributed by atoms with Crippen LogP contribution in [-0.4, -0.2) is 58.2 Å². The van der Waals surface area contributed by atoms with E-state index in [0.717, 1.165) is 24.5 Å². The molecule has 0 aliphatic heterocycles. The molecule has 1 unspecified atom stereocenters. The average Bonchev–Trinajstić information content (AvgIpc) is 3.15. The Kier molecular flexibility index (Phi) is 7.94. The van der Waals surface area contributed by atoms with Crippen LogP contribution in [0.2, 0.25) is 0 Å². The van der Waals surface area contributed by atoms with E-state index in [-0.39, 0.29) is 6.10 Å². The lowest BCUT2D eigenvalue weighted by molar-refractivity contribution is -0.0257. The van der Waals surface area contributed by atoms with Gasteiger partial charge in [-0.2, -0.15) is 0 Å². The van der Waals surface area contributed by atoms with Crippen LogP contribution in [0.15, 0.2) is 25.0 Å². The molecule has 0 bridgehead atoms. The van der Waals surface area contributed by atoms with E-state index in [2.05, 4.69) is 9.97 Å². The average molecular weight is 336 g/mol. The van der Waals surface area contributed by atoms with Crippen LogP contribution in [-0.2, 0) is 27.3 Å². The van der Waals surface area contributed by atoms with Gasteiger partial charge in [0.2, 0.25) is 0 Å². The van der Waals surface area contributed by atoms with Crippen LogP contribution < -0.4 is 0 Å². The summed E-state index contributed by atoms with van der Waals surface area (Å²) < 4.78 is 20.9. The Morgan fingerprint density at radius 2 is 1.46 bits per heavy atom. The molecular weight excluding hydrogens is 308 g/mol. The number of hydrogen-bond donors (Lipinski definition) is 0. The molecule has 0 amide bonds. The summed E-state index contributed by atoms with van der Waals surface area (Å²) in [5.74, 6) is 0. The fourth-order valence-corrected chi connectivity index (χ4v) is 2.23. The maximum atomic E-state index is 5.72. The number of ether oxygens (including phenoxy) is 3. The minimum atomic E-state index is 0.0727. The van der Waals surface area contributed by atoms with E-state index in [4.69, 9.17) is 14.2 Å². The normalized spacial score (nSPS) is 12.6. The minimum absolute atomic E-state index is 0.0727. The molecule has 0 aliphatic rings. The molecule has 0 saturated carbocycles. The monoisotopic (exact) mass is 336 g/mol. The van der Waals surface area contributed by atoms with Gasteiger partial charge >= 0.3 is 0 Å². The maximum absolute atomic E-state index is 5.72. The zero-order valence-corrected chi connectivity index (χ0v) is 14.9. The first-order valence-electron chi connectivity index (χ1n) is 8.37. The molecule has 24 heavy (non-hydrogen) atoms. The zero-order valence-electron chi connectivity index (χ0n) is 14.9. The van der Waals surface area contributed by atoms with Crippen LogP contribution in [0.25, 0.3) is 0 Å². The molecule has 1 atom stereocenters. The topological polar surface area (TPSA) is 63.3 Å². The molecule has 7 nitrogen and oxygen atoms in total. The van der Waals surface area contributed by atoms with Crippen LogP contribution in [0, 0.1) is 13.8 Å². The molecule has 0 fully saturated rings. The van der Waals surface area contributed by atoms with E-state index < -0.39 is 0 Å². The van der Waals surface area contributed by atoms with Gasteiger partial charge in [-0.05, 0) is 20.8 Å². The Hall–Kier alpha value is -1.70. The Morgan fingerprint density at radius 3 is 2.04 bits per heavy atom. The third kappa shape index (κ3) is 7.25. The highest BCUT2D eigenvalue weighted by molar-refractivity contribution is 4.92. The Bertz CT molecular complexity index is 582. The van der Waals surface area contributed by atoms with Gasteiger partial charge in [0.15, 0.2) is 0 Å². The van der Waals surface area contributed by atoms with Gasteiger partial charge in [-0.25, -0.2) is 9.97 Å². The van der Waals surface area contributed by atoms with E-state index in [1.54, 1.807) is 0 Å². The summed E-state index contributed by atoms with van der Waals surface area (Å²) in [5, 5.41) is 0. The van der Waals surface area contributed by atoms with Gasteiger partial charge in [-0.3, -0.25) is 0 Å². The van der Waals surface area contributed by atoms with Crippen molar-refractivity contribution in [3.05, 3.63) is 36.4 Å². The number of imidazole rings is 2. The van der Waals surface area contributed by atoms with E-state index in [9.17, 15) is 0 Å². The molecule has 0 aromatic carbocycles. The van der Waals surface area contributed by atoms with Crippen LogP contribution >= 0.6 is 0 Å². The number of aromatic nitrogens is 4. The number of aryl methyl sites for hydroxylation is 2. The standard InChI is InChI=1S/C17H28N4O3/c1-15-10-20(13-18-15)4-6-22-8-9-23-12-17(3)24-7-5-21-11-16(2)19-14-21/h10-11,13-14,17H,4-9,12H2,1-3H3.